The van der Waals surface area contributed by atoms with Crippen molar-refractivity contribution in [1.82, 2.24) is 0 Å². The van der Waals surface area contributed by atoms with Gasteiger partial charge in [0, 0.05) is 5.56 Å². The summed E-state index contributed by atoms with van der Waals surface area (Å²) in [7, 11) is 1.72. The average molecular weight is 426 g/mol. The van der Waals surface area contributed by atoms with E-state index in [1.807, 2.05) is 34.0 Å². The van der Waals surface area contributed by atoms with E-state index in [2.05, 4.69) is 21.2 Å². The Morgan fingerprint density at radius 2 is 1.86 bits per heavy atom. The SMILES string of the molecule is CC.CC.CSI.O=Cc1ccc(O)c(OCC2CC2)c1. The van der Waals surface area contributed by atoms with Gasteiger partial charge in [-0.05, 0) is 64.4 Å². The molecule has 2 rings (SSSR count). The van der Waals surface area contributed by atoms with Crippen molar-refractivity contribution in [3.8, 4) is 11.5 Å². The molecule has 0 radical (unpaired) electrons. The molecule has 122 valence electrons. The third-order valence-corrected chi connectivity index (χ3v) is 2.29. The molecule has 0 saturated heterocycles. The fourth-order valence-electron chi connectivity index (χ4n) is 1.21. The van der Waals surface area contributed by atoms with Crippen molar-refractivity contribution in [2.45, 2.75) is 40.5 Å². The van der Waals surface area contributed by atoms with E-state index in [1.54, 1.807) is 21.1 Å². The fourth-order valence-corrected chi connectivity index (χ4v) is 1.21. The summed E-state index contributed by atoms with van der Waals surface area (Å²) in [6.45, 7) is 8.63. The van der Waals surface area contributed by atoms with Gasteiger partial charge in [-0.3, -0.25) is 4.79 Å². The first-order valence-electron chi connectivity index (χ1n) is 7.27. The zero-order valence-electron chi connectivity index (χ0n) is 13.6. The predicted molar refractivity (Wildman–Crippen MR) is 102 cm³/mol. The van der Waals surface area contributed by atoms with E-state index < -0.39 is 0 Å². The molecule has 0 unspecified atom stereocenters. The molecular formula is C16H27IO3S. The van der Waals surface area contributed by atoms with Crippen molar-refractivity contribution in [3.05, 3.63) is 23.8 Å². The largest absolute Gasteiger partial charge is 0.504 e. The molecule has 1 N–H and O–H groups in total. The van der Waals surface area contributed by atoms with Crippen LogP contribution in [-0.2, 0) is 0 Å². The van der Waals surface area contributed by atoms with Gasteiger partial charge >= 0.3 is 0 Å². The van der Waals surface area contributed by atoms with Gasteiger partial charge in [-0.25, -0.2) is 0 Å². The standard InChI is InChI=1S/C11H12O3.2C2H6.CH3IS/c12-6-9-3-4-10(13)11(5-9)14-7-8-1-2-8;2*1-2;1-3-2/h3-6,8,13H,1-2,7H2;2*1-2H3;1H3. The van der Waals surface area contributed by atoms with Crippen LogP contribution in [0.25, 0.3) is 0 Å². The number of aldehydes is 1. The molecule has 1 saturated carbocycles. The molecule has 1 fully saturated rings. The lowest BCUT2D eigenvalue weighted by molar-refractivity contribution is 0.112. The maximum Gasteiger partial charge on any atom is 0.161 e. The number of ether oxygens (including phenoxy) is 1. The molecule has 5 heteroatoms. The Labute approximate surface area is 145 Å². The topological polar surface area (TPSA) is 46.5 Å². The summed E-state index contributed by atoms with van der Waals surface area (Å²) in [5.74, 6) is 1.13. The second-order valence-corrected chi connectivity index (χ2v) is 6.70. The van der Waals surface area contributed by atoms with Crippen LogP contribution < -0.4 is 4.74 Å². The van der Waals surface area contributed by atoms with Gasteiger partial charge in [0.25, 0.3) is 0 Å². The normalized spacial score (nSPS) is 11.5. The van der Waals surface area contributed by atoms with E-state index in [9.17, 15) is 9.90 Å². The fraction of sp³-hybridized carbons (Fsp3) is 0.562. The molecular weight excluding hydrogens is 399 g/mol. The number of phenolic OH excluding ortho intramolecular Hbond substituents is 1. The van der Waals surface area contributed by atoms with Crippen LogP contribution in [0.3, 0.4) is 0 Å². The van der Waals surface area contributed by atoms with Gasteiger partial charge in [0.1, 0.15) is 6.29 Å². The van der Waals surface area contributed by atoms with Crippen molar-refractivity contribution in [1.29, 1.82) is 0 Å². The molecule has 0 heterocycles. The zero-order chi connectivity index (χ0) is 16.7. The number of benzene rings is 1. The van der Waals surface area contributed by atoms with Crippen molar-refractivity contribution in [2.75, 3.05) is 12.9 Å². The van der Waals surface area contributed by atoms with Gasteiger partial charge in [-0.15, -0.1) is 0 Å². The first-order valence-corrected chi connectivity index (χ1v) is 11.0. The van der Waals surface area contributed by atoms with Crippen molar-refractivity contribution in [2.24, 2.45) is 5.92 Å². The lowest BCUT2D eigenvalue weighted by Gasteiger charge is -2.07. The highest BCUT2D eigenvalue weighted by Gasteiger charge is 2.22. The minimum Gasteiger partial charge on any atom is -0.504 e. The van der Waals surface area contributed by atoms with E-state index in [4.69, 9.17) is 4.74 Å². The number of carbonyl (C=O) groups is 1. The van der Waals surface area contributed by atoms with Crippen LogP contribution in [0.1, 0.15) is 50.9 Å². The van der Waals surface area contributed by atoms with E-state index >= 15 is 0 Å². The Kier molecular flexibility index (Phi) is 17.4. The first kappa shape index (κ1) is 22.8. The molecule has 0 amide bonds. The molecule has 1 aromatic carbocycles. The maximum atomic E-state index is 10.5. The number of phenols is 1. The molecule has 0 spiro atoms. The molecule has 21 heavy (non-hydrogen) atoms. The second kappa shape index (κ2) is 15.9. The smallest absolute Gasteiger partial charge is 0.161 e. The number of aromatic hydroxyl groups is 1. The van der Waals surface area contributed by atoms with Crippen molar-refractivity contribution < 1.29 is 14.6 Å². The molecule has 3 nitrogen and oxygen atoms in total. The van der Waals surface area contributed by atoms with Crippen LogP contribution in [-0.4, -0.2) is 24.3 Å². The molecule has 0 atom stereocenters. The minimum atomic E-state index is 0.0938. The van der Waals surface area contributed by atoms with Gasteiger partial charge in [-0.1, -0.05) is 36.6 Å². The Balaban J connectivity index is 0. The molecule has 0 aromatic heterocycles. The van der Waals surface area contributed by atoms with Gasteiger partial charge in [0.05, 0.1) is 6.61 Å². The number of rotatable bonds is 4. The first-order chi connectivity index (χ1) is 10.2. The van der Waals surface area contributed by atoms with E-state index in [-0.39, 0.29) is 5.75 Å². The Bertz CT molecular complexity index is 369. The summed E-state index contributed by atoms with van der Waals surface area (Å²) in [6.07, 6.45) is 5.17. The number of hydrogen-bond acceptors (Lipinski definition) is 4. The van der Waals surface area contributed by atoms with Crippen LogP contribution in [0.4, 0.5) is 0 Å². The highest BCUT2D eigenvalue weighted by Crippen LogP contribution is 2.32. The lowest BCUT2D eigenvalue weighted by atomic mass is 10.2. The third kappa shape index (κ3) is 11.9. The van der Waals surface area contributed by atoms with Crippen LogP contribution in [0, 0.1) is 5.92 Å². The Morgan fingerprint density at radius 1 is 1.33 bits per heavy atom. The Morgan fingerprint density at radius 3 is 2.29 bits per heavy atom. The van der Waals surface area contributed by atoms with Crippen LogP contribution in [0.15, 0.2) is 18.2 Å². The van der Waals surface area contributed by atoms with Crippen LogP contribution in [0.2, 0.25) is 0 Å². The van der Waals surface area contributed by atoms with Crippen molar-refractivity contribution in [3.63, 3.8) is 0 Å². The highest BCUT2D eigenvalue weighted by molar-refractivity contribution is 14.2. The molecule has 0 aliphatic heterocycles. The minimum absolute atomic E-state index is 0.0938. The highest BCUT2D eigenvalue weighted by atomic mass is 127. The van der Waals surface area contributed by atoms with Crippen molar-refractivity contribution >= 4 is 36.4 Å². The molecule has 0 bridgehead atoms. The summed E-state index contributed by atoms with van der Waals surface area (Å²) < 4.78 is 5.39. The third-order valence-electron chi connectivity index (χ3n) is 2.29. The lowest BCUT2D eigenvalue weighted by Crippen LogP contribution is -1.99. The summed E-state index contributed by atoms with van der Waals surface area (Å²) in [6, 6.07) is 4.60. The van der Waals surface area contributed by atoms with Crippen LogP contribution in [0.5, 0.6) is 11.5 Å². The summed E-state index contributed by atoms with van der Waals surface area (Å²) in [5.41, 5.74) is 0.522. The van der Waals surface area contributed by atoms with Gasteiger partial charge in [0.2, 0.25) is 0 Å². The molecule has 1 aromatic rings. The Hall–Kier alpha value is -0.430. The monoisotopic (exact) mass is 426 g/mol. The van der Waals surface area contributed by atoms with E-state index in [1.165, 1.54) is 18.9 Å². The summed E-state index contributed by atoms with van der Waals surface area (Å²) in [4.78, 5) is 10.5. The van der Waals surface area contributed by atoms with Crippen LogP contribution >= 0.6 is 30.1 Å². The van der Waals surface area contributed by atoms with E-state index in [0.29, 0.717) is 23.8 Å². The predicted octanol–water partition coefficient (Wildman–Crippen LogP) is 5.75. The number of halogens is 1. The quantitative estimate of drug-likeness (QED) is 0.492. The van der Waals surface area contributed by atoms with Gasteiger partial charge in [0.15, 0.2) is 11.5 Å². The molecule has 1 aliphatic rings. The zero-order valence-corrected chi connectivity index (χ0v) is 16.5. The average Bonchev–Trinajstić information content (AvgIpc) is 3.36. The summed E-state index contributed by atoms with van der Waals surface area (Å²) >= 11 is 2.20. The molecule has 1 aliphatic carbocycles. The second-order valence-electron chi connectivity index (χ2n) is 3.75. The maximum absolute atomic E-state index is 10.5. The number of hydrogen-bond donors (Lipinski definition) is 1. The van der Waals surface area contributed by atoms with Gasteiger partial charge < -0.3 is 9.84 Å². The van der Waals surface area contributed by atoms with E-state index in [0.717, 1.165) is 6.29 Å². The number of carbonyl (C=O) groups excluding carboxylic acids is 1. The summed E-state index contributed by atoms with van der Waals surface area (Å²) in [5, 5.41) is 9.42. The van der Waals surface area contributed by atoms with Gasteiger partial charge in [-0.2, -0.15) is 0 Å².